The zero-order valence-electron chi connectivity index (χ0n) is 8.27. The Morgan fingerprint density at radius 1 is 1.47 bits per heavy atom. The largest absolute Gasteiger partial charge is 0.368 e. The Hall–Kier alpha value is -1.57. The molecule has 1 saturated carbocycles. The zero-order chi connectivity index (χ0) is 11.1. The van der Waals surface area contributed by atoms with Crippen LogP contribution in [0.25, 0.3) is 0 Å². The van der Waals surface area contributed by atoms with E-state index >= 15 is 0 Å². The van der Waals surface area contributed by atoms with Crippen LogP contribution in [0.3, 0.4) is 0 Å². The number of nitriles is 1. The second-order valence-electron chi connectivity index (χ2n) is 4.26. The number of nitrogens with zero attached hydrogens (tertiary/aromatic N) is 2. The van der Waals surface area contributed by atoms with E-state index in [1.807, 2.05) is 6.07 Å². The molecule has 0 spiro atoms. The van der Waals surface area contributed by atoms with Gasteiger partial charge in [0.05, 0.1) is 25.6 Å². The fourth-order valence-electron chi connectivity index (χ4n) is 1.61. The van der Waals surface area contributed by atoms with Gasteiger partial charge in [0, 0.05) is 0 Å². The molecule has 1 saturated heterocycles. The maximum absolute atomic E-state index is 11.5. The molecule has 1 aliphatic heterocycles. The van der Waals surface area contributed by atoms with Gasteiger partial charge in [-0.05, 0) is 18.8 Å². The van der Waals surface area contributed by atoms with Crippen molar-refractivity contribution >= 4 is 11.8 Å². The summed E-state index contributed by atoms with van der Waals surface area (Å²) < 4.78 is 0. The molecule has 5 heteroatoms. The van der Waals surface area contributed by atoms with E-state index in [9.17, 15) is 9.59 Å². The summed E-state index contributed by atoms with van der Waals surface area (Å²) in [5.41, 5.74) is 3.96. The second kappa shape index (κ2) is 3.23. The van der Waals surface area contributed by atoms with Gasteiger partial charge in [0.15, 0.2) is 5.41 Å². The molecule has 2 fully saturated rings. The van der Waals surface area contributed by atoms with Crippen LogP contribution in [0.4, 0.5) is 0 Å². The quantitative estimate of drug-likeness (QED) is 0.671. The molecule has 0 aromatic heterocycles. The predicted molar refractivity (Wildman–Crippen MR) is 50.8 cm³/mol. The highest BCUT2D eigenvalue weighted by Gasteiger charge is 2.50. The van der Waals surface area contributed by atoms with Crippen LogP contribution in [-0.4, -0.2) is 29.8 Å². The molecule has 1 radical (unpaired) electrons. The molecule has 5 nitrogen and oxygen atoms in total. The number of carbonyl (C=O) groups excluding carboxylic acids is 2. The average molecular weight is 206 g/mol. The van der Waals surface area contributed by atoms with Gasteiger partial charge in [-0.3, -0.25) is 9.59 Å². The van der Waals surface area contributed by atoms with Crippen LogP contribution < -0.4 is 5.73 Å². The van der Waals surface area contributed by atoms with Crippen molar-refractivity contribution in [3.8, 4) is 6.07 Å². The van der Waals surface area contributed by atoms with E-state index in [-0.39, 0.29) is 19.0 Å². The van der Waals surface area contributed by atoms with E-state index < -0.39 is 11.3 Å². The second-order valence-corrected chi connectivity index (χ2v) is 4.26. The Morgan fingerprint density at radius 3 is 2.47 bits per heavy atom. The van der Waals surface area contributed by atoms with Crippen LogP contribution in [0.5, 0.6) is 0 Å². The first kappa shape index (κ1) is 9.97. The maximum Gasteiger partial charge on any atom is 0.241 e. The SMILES string of the molecule is N#CC1(C(N)=O)CN(C(=O)[CH]C2CC2)C1. The number of primary amides is 1. The highest BCUT2D eigenvalue weighted by atomic mass is 16.2. The van der Waals surface area contributed by atoms with Gasteiger partial charge in [-0.15, -0.1) is 0 Å². The monoisotopic (exact) mass is 206 g/mol. The summed E-state index contributed by atoms with van der Waals surface area (Å²) in [6, 6.07) is 1.89. The van der Waals surface area contributed by atoms with Crippen molar-refractivity contribution in [1.82, 2.24) is 4.90 Å². The number of hydrogen-bond donors (Lipinski definition) is 1. The summed E-state index contributed by atoms with van der Waals surface area (Å²) in [6.07, 6.45) is 3.81. The van der Waals surface area contributed by atoms with Gasteiger partial charge in [0.1, 0.15) is 0 Å². The molecular weight excluding hydrogens is 194 g/mol. The minimum Gasteiger partial charge on any atom is -0.368 e. The van der Waals surface area contributed by atoms with E-state index in [1.54, 1.807) is 6.42 Å². The summed E-state index contributed by atoms with van der Waals surface area (Å²) in [5.74, 6) is -0.312. The molecule has 1 heterocycles. The zero-order valence-corrected chi connectivity index (χ0v) is 8.27. The molecule has 2 amide bonds. The maximum atomic E-state index is 11.5. The van der Waals surface area contributed by atoms with Gasteiger partial charge < -0.3 is 10.6 Å². The number of carbonyl (C=O) groups is 2. The fraction of sp³-hybridized carbons (Fsp3) is 0.600. The van der Waals surface area contributed by atoms with E-state index in [4.69, 9.17) is 11.0 Å². The molecule has 2 rings (SSSR count). The molecule has 79 valence electrons. The summed E-state index contributed by atoms with van der Waals surface area (Å²) in [4.78, 5) is 24.0. The number of nitrogens with two attached hydrogens (primary N) is 1. The van der Waals surface area contributed by atoms with Crippen LogP contribution in [0.2, 0.25) is 0 Å². The van der Waals surface area contributed by atoms with Crippen molar-refractivity contribution < 1.29 is 9.59 Å². The number of likely N-dealkylation sites (tertiary alicyclic amines) is 1. The van der Waals surface area contributed by atoms with Crippen LogP contribution in [-0.2, 0) is 9.59 Å². The van der Waals surface area contributed by atoms with Gasteiger partial charge in [-0.25, -0.2) is 0 Å². The molecule has 2 N–H and O–H groups in total. The number of rotatable bonds is 3. The minimum absolute atomic E-state index is 0.0791. The smallest absolute Gasteiger partial charge is 0.241 e. The minimum atomic E-state index is -1.15. The standard InChI is InChI=1S/C10H12N3O2/c11-4-10(9(12)15)5-13(6-10)8(14)3-7-1-2-7/h3,7H,1-2,5-6H2,(H2,12,15). The summed E-state index contributed by atoms with van der Waals surface area (Å²) >= 11 is 0. The topological polar surface area (TPSA) is 87.2 Å². The molecule has 1 aliphatic carbocycles. The fourth-order valence-corrected chi connectivity index (χ4v) is 1.61. The third-order valence-electron chi connectivity index (χ3n) is 2.92. The Balaban J connectivity index is 1.88. The first-order valence-electron chi connectivity index (χ1n) is 4.92. The van der Waals surface area contributed by atoms with Gasteiger partial charge in [0.2, 0.25) is 11.8 Å². The molecule has 0 unspecified atom stereocenters. The lowest BCUT2D eigenvalue weighted by molar-refractivity contribution is -0.144. The lowest BCUT2D eigenvalue weighted by Gasteiger charge is -2.43. The predicted octanol–water partition coefficient (Wildman–Crippen LogP) is -0.562. The highest BCUT2D eigenvalue weighted by Crippen LogP contribution is 2.35. The molecule has 0 aromatic carbocycles. The van der Waals surface area contributed by atoms with E-state index in [1.165, 1.54) is 4.90 Å². The van der Waals surface area contributed by atoms with Gasteiger partial charge >= 0.3 is 0 Å². The van der Waals surface area contributed by atoms with Crippen molar-refractivity contribution in [1.29, 1.82) is 5.26 Å². The first-order valence-corrected chi connectivity index (χ1v) is 4.92. The van der Waals surface area contributed by atoms with E-state index in [2.05, 4.69) is 0 Å². The van der Waals surface area contributed by atoms with E-state index in [0.29, 0.717) is 5.92 Å². The molecule has 0 aromatic rings. The molecule has 15 heavy (non-hydrogen) atoms. The van der Waals surface area contributed by atoms with Gasteiger partial charge in [-0.2, -0.15) is 5.26 Å². The first-order chi connectivity index (χ1) is 7.07. The Bertz CT molecular complexity index is 348. The van der Waals surface area contributed by atoms with Crippen LogP contribution >= 0.6 is 0 Å². The molecule has 0 atom stereocenters. The average Bonchev–Trinajstić information content (AvgIpc) is 2.86. The van der Waals surface area contributed by atoms with Crippen molar-refractivity contribution in [2.24, 2.45) is 17.1 Å². The van der Waals surface area contributed by atoms with Crippen molar-refractivity contribution in [3.05, 3.63) is 6.42 Å². The summed E-state index contributed by atoms with van der Waals surface area (Å²) in [6.45, 7) is 0.280. The van der Waals surface area contributed by atoms with Gasteiger partial charge in [-0.1, -0.05) is 0 Å². The van der Waals surface area contributed by atoms with Gasteiger partial charge in [0.25, 0.3) is 0 Å². The van der Waals surface area contributed by atoms with Crippen molar-refractivity contribution in [3.63, 3.8) is 0 Å². The molecular formula is C10H12N3O2. The van der Waals surface area contributed by atoms with Crippen molar-refractivity contribution in [2.75, 3.05) is 13.1 Å². The highest BCUT2D eigenvalue weighted by molar-refractivity contribution is 5.92. The number of amides is 2. The molecule has 0 bridgehead atoms. The summed E-state index contributed by atoms with van der Waals surface area (Å²) in [7, 11) is 0. The lowest BCUT2D eigenvalue weighted by atomic mass is 9.80. The van der Waals surface area contributed by atoms with Crippen LogP contribution in [0, 0.1) is 29.1 Å². The van der Waals surface area contributed by atoms with E-state index in [0.717, 1.165) is 12.8 Å². The van der Waals surface area contributed by atoms with Crippen LogP contribution in [0.15, 0.2) is 0 Å². The Morgan fingerprint density at radius 2 is 2.07 bits per heavy atom. The Labute approximate surface area is 87.8 Å². The third-order valence-corrected chi connectivity index (χ3v) is 2.92. The normalized spacial score (nSPS) is 22.7. The lowest BCUT2D eigenvalue weighted by Crippen LogP contribution is -2.63. The summed E-state index contributed by atoms with van der Waals surface area (Å²) in [5, 5.41) is 8.80. The van der Waals surface area contributed by atoms with Crippen molar-refractivity contribution in [2.45, 2.75) is 12.8 Å². The Kier molecular flexibility index (Phi) is 2.14. The van der Waals surface area contributed by atoms with Crippen LogP contribution in [0.1, 0.15) is 12.8 Å². The number of hydrogen-bond acceptors (Lipinski definition) is 3. The third kappa shape index (κ3) is 1.67. The molecule has 2 aliphatic rings.